The highest BCUT2D eigenvalue weighted by molar-refractivity contribution is 7.18. The van der Waals surface area contributed by atoms with Gasteiger partial charge in [-0.1, -0.05) is 19.3 Å². The smallest absolute Gasteiger partial charge is 0.262 e. The van der Waals surface area contributed by atoms with Crippen LogP contribution < -0.4 is 16.2 Å². The second-order valence-electron chi connectivity index (χ2n) is 7.51. The van der Waals surface area contributed by atoms with Gasteiger partial charge in [-0.3, -0.25) is 19.0 Å². The molecule has 0 atom stereocenters. The quantitative estimate of drug-likeness (QED) is 0.773. The van der Waals surface area contributed by atoms with Crippen molar-refractivity contribution in [2.24, 2.45) is 0 Å². The lowest BCUT2D eigenvalue weighted by Crippen LogP contribution is -2.59. The van der Waals surface area contributed by atoms with Crippen molar-refractivity contribution < 1.29 is 9.59 Å². The van der Waals surface area contributed by atoms with E-state index in [9.17, 15) is 14.4 Å². The molecule has 8 heteroatoms. The number of hydrogen-bond donors (Lipinski definition) is 2. The van der Waals surface area contributed by atoms with Crippen molar-refractivity contribution >= 4 is 33.4 Å². The Balaban J connectivity index is 1.72. The molecule has 0 unspecified atom stereocenters. The summed E-state index contributed by atoms with van der Waals surface area (Å²) >= 11 is 1.51. The molecule has 1 saturated carbocycles. The minimum Gasteiger partial charge on any atom is -0.354 e. The van der Waals surface area contributed by atoms with Gasteiger partial charge in [0.25, 0.3) is 5.56 Å². The van der Waals surface area contributed by atoms with Crippen molar-refractivity contribution in [1.82, 2.24) is 20.2 Å². The molecule has 1 aliphatic rings. The van der Waals surface area contributed by atoms with Crippen molar-refractivity contribution in [3.8, 4) is 0 Å². The zero-order valence-corrected chi connectivity index (χ0v) is 17.6. The standard InChI is InChI=1S/C20H28N4O3S/c1-4-21-19(27)20(9-6-5-7-10-20)23-15(25)8-11-24-12-22-17-16(18(24)26)13(2)14(3)28-17/h12H,4-11H2,1-3H3,(H,21,27)(H,23,25). The number of hydrogen-bond acceptors (Lipinski definition) is 5. The summed E-state index contributed by atoms with van der Waals surface area (Å²) in [5.41, 5.74) is 0.0176. The van der Waals surface area contributed by atoms with Crippen LogP contribution in [0.3, 0.4) is 0 Å². The van der Waals surface area contributed by atoms with Crippen LogP contribution in [-0.2, 0) is 16.1 Å². The number of thiophene rings is 1. The average molecular weight is 405 g/mol. The molecule has 3 rings (SSSR count). The highest BCUT2D eigenvalue weighted by atomic mass is 32.1. The number of nitrogens with zero attached hydrogens (tertiary/aromatic N) is 2. The number of fused-ring (bicyclic) bond motifs is 1. The first kappa shape index (κ1) is 20.5. The number of likely N-dealkylation sites (N-methyl/N-ethyl adjacent to an activating group) is 1. The highest BCUT2D eigenvalue weighted by Crippen LogP contribution is 2.29. The molecule has 28 heavy (non-hydrogen) atoms. The van der Waals surface area contributed by atoms with Gasteiger partial charge in [0, 0.05) is 24.4 Å². The van der Waals surface area contributed by atoms with E-state index in [-0.39, 0.29) is 30.3 Å². The predicted molar refractivity (Wildman–Crippen MR) is 111 cm³/mol. The highest BCUT2D eigenvalue weighted by Gasteiger charge is 2.40. The van der Waals surface area contributed by atoms with Crippen LogP contribution in [0.25, 0.3) is 10.2 Å². The summed E-state index contributed by atoms with van der Waals surface area (Å²) in [6.07, 6.45) is 5.89. The third-order valence-corrected chi connectivity index (χ3v) is 6.71. The molecule has 1 fully saturated rings. The van der Waals surface area contributed by atoms with E-state index in [2.05, 4.69) is 15.6 Å². The van der Waals surface area contributed by atoms with E-state index in [1.54, 1.807) is 0 Å². The largest absolute Gasteiger partial charge is 0.354 e. The van der Waals surface area contributed by atoms with E-state index in [1.807, 2.05) is 20.8 Å². The topological polar surface area (TPSA) is 93.1 Å². The lowest BCUT2D eigenvalue weighted by atomic mass is 9.80. The number of carbonyl (C=O) groups excluding carboxylic acids is 2. The molecule has 0 aliphatic heterocycles. The van der Waals surface area contributed by atoms with Crippen LogP contribution in [0.1, 0.15) is 55.9 Å². The number of nitrogens with one attached hydrogen (secondary N) is 2. The van der Waals surface area contributed by atoms with Gasteiger partial charge in [0.1, 0.15) is 10.4 Å². The first-order valence-corrected chi connectivity index (χ1v) is 10.7. The fourth-order valence-corrected chi connectivity index (χ4v) is 4.86. The van der Waals surface area contributed by atoms with E-state index < -0.39 is 5.54 Å². The Hall–Kier alpha value is -2.22. The summed E-state index contributed by atoms with van der Waals surface area (Å²) in [5.74, 6) is -0.314. The molecule has 0 saturated heterocycles. The van der Waals surface area contributed by atoms with Crippen LogP contribution in [-0.4, -0.2) is 33.4 Å². The van der Waals surface area contributed by atoms with Gasteiger partial charge in [0.2, 0.25) is 11.8 Å². The predicted octanol–water partition coefficient (Wildman–Crippen LogP) is 2.42. The zero-order chi connectivity index (χ0) is 20.3. The Bertz CT molecular complexity index is 941. The molecule has 0 radical (unpaired) electrons. The lowest BCUT2D eigenvalue weighted by Gasteiger charge is -2.36. The van der Waals surface area contributed by atoms with Gasteiger partial charge in [-0.25, -0.2) is 4.98 Å². The molecular formula is C20H28N4O3S. The summed E-state index contributed by atoms with van der Waals surface area (Å²) in [7, 11) is 0. The van der Waals surface area contributed by atoms with Crippen LogP contribution in [0.4, 0.5) is 0 Å². The first-order valence-electron chi connectivity index (χ1n) is 9.92. The monoisotopic (exact) mass is 404 g/mol. The van der Waals surface area contributed by atoms with E-state index in [0.717, 1.165) is 34.5 Å². The third kappa shape index (κ3) is 3.97. The Labute approximate surface area is 168 Å². The van der Waals surface area contributed by atoms with E-state index in [1.165, 1.54) is 22.2 Å². The molecule has 152 valence electrons. The molecule has 7 nitrogen and oxygen atoms in total. The molecule has 2 aromatic heterocycles. The molecule has 2 amide bonds. The van der Waals surface area contributed by atoms with Crippen molar-refractivity contribution in [1.29, 1.82) is 0 Å². The van der Waals surface area contributed by atoms with Gasteiger partial charge in [-0.2, -0.15) is 0 Å². The number of aromatic nitrogens is 2. The van der Waals surface area contributed by atoms with Crippen LogP contribution in [0.15, 0.2) is 11.1 Å². The maximum atomic E-state index is 12.8. The van der Waals surface area contributed by atoms with E-state index >= 15 is 0 Å². The molecular weight excluding hydrogens is 376 g/mol. The lowest BCUT2D eigenvalue weighted by molar-refractivity contribution is -0.135. The molecule has 0 aromatic carbocycles. The van der Waals surface area contributed by atoms with Crippen LogP contribution >= 0.6 is 11.3 Å². The van der Waals surface area contributed by atoms with Crippen molar-refractivity contribution in [3.05, 3.63) is 27.1 Å². The van der Waals surface area contributed by atoms with Crippen molar-refractivity contribution in [3.63, 3.8) is 0 Å². The van der Waals surface area contributed by atoms with E-state index in [4.69, 9.17) is 0 Å². The van der Waals surface area contributed by atoms with Gasteiger partial charge in [0.05, 0.1) is 11.7 Å². The summed E-state index contributed by atoms with van der Waals surface area (Å²) < 4.78 is 1.49. The minimum absolute atomic E-state index is 0.104. The maximum Gasteiger partial charge on any atom is 0.262 e. The molecule has 2 heterocycles. The average Bonchev–Trinajstić information content (AvgIpc) is 2.97. The van der Waals surface area contributed by atoms with Crippen molar-refractivity contribution in [2.45, 2.75) is 71.4 Å². The van der Waals surface area contributed by atoms with Crippen LogP contribution in [0, 0.1) is 13.8 Å². The van der Waals surface area contributed by atoms with Gasteiger partial charge >= 0.3 is 0 Å². The van der Waals surface area contributed by atoms with Gasteiger partial charge < -0.3 is 10.6 Å². The Kier molecular flexibility index (Phi) is 6.17. The van der Waals surface area contributed by atoms with Crippen LogP contribution in [0.2, 0.25) is 0 Å². The van der Waals surface area contributed by atoms with E-state index in [0.29, 0.717) is 24.8 Å². The van der Waals surface area contributed by atoms with Crippen molar-refractivity contribution in [2.75, 3.05) is 6.54 Å². The Morgan fingerprint density at radius 2 is 1.96 bits per heavy atom. The van der Waals surface area contributed by atoms with Crippen LogP contribution in [0.5, 0.6) is 0 Å². The van der Waals surface area contributed by atoms with Gasteiger partial charge in [-0.05, 0) is 39.2 Å². The summed E-state index contributed by atoms with van der Waals surface area (Å²) in [6.45, 7) is 6.56. The summed E-state index contributed by atoms with van der Waals surface area (Å²) in [6, 6.07) is 0. The summed E-state index contributed by atoms with van der Waals surface area (Å²) in [4.78, 5) is 44.1. The number of amides is 2. The molecule has 0 spiro atoms. The fourth-order valence-electron chi connectivity index (χ4n) is 3.87. The number of carbonyl (C=O) groups is 2. The second kappa shape index (κ2) is 8.43. The number of rotatable bonds is 6. The molecule has 2 N–H and O–H groups in total. The summed E-state index contributed by atoms with van der Waals surface area (Å²) in [5, 5.41) is 6.47. The molecule has 2 aromatic rings. The van der Waals surface area contributed by atoms with Gasteiger partial charge in [0.15, 0.2) is 0 Å². The molecule has 0 bridgehead atoms. The Morgan fingerprint density at radius 3 is 2.64 bits per heavy atom. The fraction of sp³-hybridized carbons (Fsp3) is 0.600. The second-order valence-corrected chi connectivity index (χ2v) is 8.71. The molecule has 1 aliphatic carbocycles. The third-order valence-electron chi connectivity index (χ3n) is 5.59. The normalized spacial score (nSPS) is 16.1. The maximum absolute atomic E-state index is 12.8. The SMILES string of the molecule is CCNC(=O)C1(NC(=O)CCn2cnc3sc(C)c(C)c3c2=O)CCCCC1. The Morgan fingerprint density at radius 1 is 1.25 bits per heavy atom. The number of aryl methyl sites for hydroxylation is 3. The van der Waals surface area contributed by atoms with Gasteiger partial charge in [-0.15, -0.1) is 11.3 Å². The minimum atomic E-state index is -0.820. The zero-order valence-electron chi connectivity index (χ0n) is 16.8. The first-order chi connectivity index (χ1) is 13.4.